The van der Waals surface area contributed by atoms with Crippen LogP contribution in [0, 0.1) is 0 Å². The van der Waals surface area contributed by atoms with E-state index >= 15 is 0 Å². The van der Waals surface area contributed by atoms with Gasteiger partial charge in [-0.15, -0.1) is 0 Å². The van der Waals surface area contributed by atoms with Gasteiger partial charge in [0.2, 0.25) is 0 Å². The molecule has 0 saturated heterocycles. The first-order chi connectivity index (χ1) is 17.9. The third kappa shape index (κ3) is 17.1. The van der Waals surface area contributed by atoms with Crippen LogP contribution in [0.1, 0.15) is 83.1 Å². The molecule has 0 radical (unpaired) electrons. The Labute approximate surface area is 222 Å². The topological polar surface area (TPSA) is 119 Å². The van der Waals surface area contributed by atoms with Crippen LogP contribution >= 0.6 is 0 Å². The molecule has 1 aromatic carbocycles. The normalized spacial score (nSPS) is 12.5. The summed E-state index contributed by atoms with van der Waals surface area (Å²) in [4.78, 5) is 23.8. The highest BCUT2D eigenvalue weighted by Gasteiger charge is 2.16. The van der Waals surface area contributed by atoms with Gasteiger partial charge in [-0.2, -0.15) is 0 Å². The van der Waals surface area contributed by atoms with Gasteiger partial charge in [0.15, 0.2) is 11.5 Å². The first-order valence-corrected chi connectivity index (χ1v) is 13.5. The highest BCUT2D eigenvalue weighted by atomic mass is 16.5. The molecule has 1 rings (SSSR count). The van der Waals surface area contributed by atoms with Crippen molar-refractivity contribution < 1.29 is 29.3 Å². The van der Waals surface area contributed by atoms with Gasteiger partial charge in [-0.25, -0.2) is 0 Å². The summed E-state index contributed by atoms with van der Waals surface area (Å²) < 4.78 is 10.3. The Balaban J connectivity index is 1.98. The first kappa shape index (κ1) is 32.0. The van der Waals surface area contributed by atoms with Gasteiger partial charge >= 0.3 is 11.9 Å². The van der Waals surface area contributed by atoms with Crippen LogP contribution < -0.4 is 5.73 Å². The average molecular weight is 516 g/mol. The van der Waals surface area contributed by atoms with E-state index in [4.69, 9.17) is 15.2 Å². The number of carbonyl (C=O) groups excluding carboxylic acids is 2. The van der Waals surface area contributed by atoms with E-state index in [1.165, 1.54) is 37.8 Å². The van der Waals surface area contributed by atoms with Crippen molar-refractivity contribution in [2.45, 2.75) is 90.0 Å². The molecule has 206 valence electrons. The molecule has 0 spiro atoms. The highest BCUT2D eigenvalue weighted by molar-refractivity contribution is 5.76. The van der Waals surface area contributed by atoms with Gasteiger partial charge in [0.05, 0.1) is 13.2 Å². The maximum absolute atomic E-state index is 12.0. The molecule has 0 aliphatic carbocycles. The molecule has 0 aliphatic heterocycles. The second-order valence-corrected chi connectivity index (χ2v) is 9.00. The zero-order chi connectivity index (χ0) is 27.1. The number of phenols is 2. The number of hydrogen-bond donors (Lipinski definition) is 3. The minimum absolute atomic E-state index is 0.106. The van der Waals surface area contributed by atoms with E-state index in [-0.39, 0.29) is 37.1 Å². The molecule has 1 aromatic rings. The summed E-state index contributed by atoms with van der Waals surface area (Å²) in [6.45, 7) is 2.51. The molecule has 0 heterocycles. The summed E-state index contributed by atoms with van der Waals surface area (Å²) in [7, 11) is 0. The Morgan fingerprint density at radius 2 is 1.46 bits per heavy atom. The van der Waals surface area contributed by atoms with Gasteiger partial charge in [0.1, 0.15) is 6.04 Å². The zero-order valence-electron chi connectivity index (χ0n) is 22.3. The average Bonchev–Trinajstić information content (AvgIpc) is 2.88. The van der Waals surface area contributed by atoms with Crippen LogP contribution in [0.25, 0.3) is 0 Å². The van der Waals surface area contributed by atoms with Gasteiger partial charge in [0, 0.05) is 12.8 Å². The molecule has 37 heavy (non-hydrogen) atoms. The predicted octanol–water partition coefficient (Wildman–Crippen LogP) is 6.03. The van der Waals surface area contributed by atoms with Gasteiger partial charge in [-0.3, -0.25) is 9.59 Å². The van der Waals surface area contributed by atoms with Crippen LogP contribution in [0.15, 0.2) is 54.7 Å². The van der Waals surface area contributed by atoms with Gasteiger partial charge in [0.25, 0.3) is 0 Å². The molecule has 0 amide bonds. The van der Waals surface area contributed by atoms with Crippen LogP contribution in [0.4, 0.5) is 0 Å². The van der Waals surface area contributed by atoms with E-state index in [0.717, 1.165) is 32.1 Å². The molecule has 4 N–H and O–H groups in total. The molecule has 0 saturated carbocycles. The molecule has 0 aromatic heterocycles. The Hall–Kier alpha value is -3.06. The van der Waals surface area contributed by atoms with Gasteiger partial charge in [-0.05, 0) is 69.1 Å². The second-order valence-electron chi connectivity index (χ2n) is 9.00. The molecule has 0 aliphatic rings. The number of esters is 2. The quantitative estimate of drug-likeness (QED) is 0.0839. The lowest BCUT2D eigenvalue weighted by Gasteiger charge is -2.12. The Morgan fingerprint density at radius 1 is 0.838 bits per heavy atom. The maximum Gasteiger partial charge on any atom is 0.323 e. The Bertz CT molecular complexity index is 862. The second kappa shape index (κ2) is 21.1. The number of nitrogens with two attached hydrogens (primary N) is 1. The fourth-order valence-corrected chi connectivity index (χ4v) is 3.45. The number of hydrogen-bond acceptors (Lipinski definition) is 7. The minimum Gasteiger partial charge on any atom is -0.504 e. The number of benzene rings is 1. The standard InChI is InChI=1S/C30H45NO6/c1-2-3-4-5-6-7-8-9-10-11-12-13-14-15-16-18-29(34)36-21-17-22-37-30(35)26(31)23-25-19-20-27(32)28(33)24-25/h6-7,9-10,12-13,19-20,24,26,32-33H,2-5,8,11,14-18,21-23,31H2,1H3. The third-order valence-corrected chi connectivity index (χ3v) is 5.61. The number of phenolic OH excluding ortho intramolecular Hbond substituents is 2. The van der Waals surface area contributed by atoms with Crippen LogP contribution in [-0.2, 0) is 25.5 Å². The molecular formula is C30H45NO6. The lowest BCUT2D eigenvalue weighted by Crippen LogP contribution is -2.34. The molecule has 1 unspecified atom stereocenters. The van der Waals surface area contributed by atoms with Crippen molar-refractivity contribution in [1.82, 2.24) is 0 Å². The highest BCUT2D eigenvalue weighted by Crippen LogP contribution is 2.25. The minimum atomic E-state index is -0.890. The van der Waals surface area contributed by atoms with Crippen LogP contribution in [0.5, 0.6) is 11.5 Å². The summed E-state index contributed by atoms with van der Waals surface area (Å²) in [6.07, 6.45) is 23.7. The van der Waals surface area contributed by atoms with Crippen molar-refractivity contribution in [3.05, 3.63) is 60.2 Å². The molecule has 1 atom stereocenters. The van der Waals surface area contributed by atoms with Crippen LogP contribution in [0.3, 0.4) is 0 Å². The van der Waals surface area contributed by atoms with Gasteiger partial charge < -0.3 is 25.4 Å². The van der Waals surface area contributed by atoms with Crippen molar-refractivity contribution in [1.29, 1.82) is 0 Å². The number of aromatic hydroxyl groups is 2. The monoisotopic (exact) mass is 515 g/mol. The SMILES string of the molecule is CCCCCC=CCC=CCC=CCCCCC(=O)OCCCOC(=O)C(N)Cc1ccc(O)c(O)c1. The van der Waals surface area contributed by atoms with E-state index in [1.807, 2.05) is 0 Å². The lowest BCUT2D eigenvalue weighted by molar-refractivity contribution is -0.147. The third-order valence-electron chi connectivity index (χ3n) is 5.61. The molecule has 7 heteroatoms. The van der Waals surface area contributed by atoms with Crippen LogP contribution in [-0.4, -0.2) is 41.4 Å². The largest absolute Gasteiger partial charge is 0.504 e. The van der Waals surface area contributed by atoms with E-state index in [9.17, 15) is 19.8 Å². The Kier molecular flexibility index (Phi) is 18.2. The zero-order valence-corrected chi connectivity index (χ0v) is 22.3. The van der Waals surface area contributed by atoms with Crippen molar-refractivity contribution >= 4 is 11.9 Å². The fourth-order valence-electron chi connectivity index (χ4n) is 3.45. The smallest absolute Gasteiger partial charge is 0.323 e. The number of carbonyl (C=O) groups is 2. The van der Waals surface area contributed by atoms with E-state index in [2.05, 4.69) is 43.4 Å². The summed E-state index contributed by atoms with van der Waals surface area (Å²) in [6, 6.07) is 3.38. The lowest BCUT2D eigenvalue weighted by atomic mass is 10.1. The number of unbranched alkanes of at least 4 members (excludes halogenated alkanes) is 5. The van der Waals surface area contributed by atoms with E-state index in [1.54, 1.807) is 6.07 Å². The fraction of sp³-hybridized carbons (Fsp3) is 0.533. The first-order valence-electron chi connectivity index (χ1n) is 13.5. The van der Waals surface area contributed by atoms with Crippen molar-refractivity contribution in [3.63, 3.8) is 0 Å². The molecule has 0 fully saturated rings. The van der Waals surface area contributed by atoms with Crippen LogP contribution in [0.2, 0.25) is 0 Å². The molecular weight excluding hydrogens is 470 g/mol. The Morgan fingerprint density at radius 3 is 2.11 bits per heavy atom. The summed E-state index contributed by atoms with van der Waals surface area (Å²) in [5, 5.41) is 18.8. The van der Waals surface area contributed by atoms with Gasteiger partial charge in [-0.1, -0.05) is 62.3 Å². The molecule has 0 bridgehead atoms. The summed E-state index contributed by atoms with van der Waals surface area (Å²) >= 11 is 0. The van der Waals surface area contributed by atoms with Crippen molar-refractivity contribution in [3.8, 4) is 11.5 Å². The van der Waals surface area contributed by atoms with E-state index in [0.29, 0.717) is 18.4 Å². The number of rotatable bonds is 20. The summed E-state index contributed by atoms with van der Waals surface area (Å²) in [5.41, 5.74) is 6.44. The summed E-state index contributed by atoms with van der Waals surface area (Å²) in [5.74, 6) is -1.32. The van der Waals surface area contributed by atoms with Crippen molar-refractivity contribution in [2.24, 2.45) is 5.73 Å². The maximum atomic E-state index is 12.0. The molecule has 7 nitrogen and oxygen atoms in total. The van der Waals surface area contributed by atoms with E-state index < -0.39 is 12.0 Å². The van der Waals surface area contributed by atoms with Crippen molar-refractivity contribution in [2.75, 3.05) is 13.2 Å². The number of allylic oxidation sites excluding steroid dienone is 6. The number of ether oxygens (including phenoxy) is 2. The predicted molar refractivity (Wildman–Crippen MR) is 147 cm³/mol.